The van der Waals surface area contributed by atoms with E-state index in [1.54, 1.807) is 11.8 Å². The lowest BCUT2D eigenvalue weighted by atomic mass is 9.86. The molecule has 0 bridgehead atoms. The van der Waals surface area contributed by atoms with Gasteiger partial charge in [-0.15, -0.1) is 0 Å². The summed E-state index contributed by atoms with van der Waals surface area (Å²) in [6.07, 6.45) is 0.818. The Morgan fingerprint density at radius 1 is 1.38 bits per heavy atom. The van der Waals surface area contributed by atoms with Crippen LogP contribution in [0.4, 0.5) is 0 Å². The fourth-order valence-electron chi connectivity index (χ4n) is 2.31. The molecule has 2 heterocycles. The topological polar surface area (TPSA) is 88.3 Å². The normalized spacial score (nSPS) is 20.4. The van der Waals surface area contributed by atoms with Gasteiger partial charge in [0.2, 0.25) is 17.7 Å². The third-order valence-corrected chi connectivity index (χ3v) is 3.50. The Morgan fingerprint density at radius 3 is 2.67 bits per heavy atom. The summed E-state index contributed by atoms with van der Waals surface area (Å²) in [5, 5.41) is 6.55. The van der Waals surface area contributed by atoms with Gasteiger partial charge < -0.3 is 14.7 Å². The molecule has 0 aliphatic carbocycles. The first kappa shape index (κ1) is 15.5. The molecule has 1 aromatic heterocycles. The summed E-state index contributed by atoms with van der Waals surface area (Å²) >= 11 is 0. The minimum atomic E-state index is -0.503. The van der Waals surface area contributed by atoms with Gasteiger partial charge in [0.05, 0.1) is 0 Å². The van der Waals surface area contributed by atoms with Crippen LogP contribution in [0.5, 0.6) is 0 Å². The van der Waals surface area contributed by atoms with E-state index in [0.29, 0.717) is 37.6 Å². The second-order valence-corrected chi connectivity index (χ2v) is 6.43. The highest BCUT2D eigenvalue weighted by molar-refractivity contribution is 5.90. The molecule has 1 aromatic rings. The molecule has 1 aliphatic rings. The number of carbonyl (C=O) groups is 2. The van der Waals surface area contributed by atoms with Gasteiger partial charge in [-0.05, 0) is 12.3 Å². The zero-order valence-corrected chi connectivity index (χ0v) is 13.0. The molecule has 0 radical (unpaired) electrons. The Morgan fingerprint density at radius 2 is 2.10 bits per heavy atom. The predicted molar refractivity (Wildman–Crippen MR) is 75.3 cm³/mol. The van der Waals surface area contributed by atoms with Gasteiger partial charge in [0.1, 0.15) is 6.04 Å². The van der Waals surface area contributed by atoms with E-state index in [-0.39, 0.29) is 17.2 Å². The SMILES string of the molecule is Cc1noc(CCN2CCC(=O)NC(C(C)(C)C)C2=O)n1. The van der Waals surface area contributed by atoms with Crippen LogP contribution in [0.15, 0.2) is 4.52 Å². The summed E-state index contributed by atoms with van der Waals surface area (Å²) in [7, 11) is 0. The van der Waals surface area contributed by atoms with E-state index in [2.05, 4.69) is 15.5 Å². The van der Waals surface area contributed by atoms with E-state index in [9.17, 15) is 9.59 Å². The molecule has 1 N–H and O–H groups in total. The average molecular weight is 294 g/mol. The number of hydrogen-bond acceptors (Lipinski definition) is 5. The Balaban J connectivity index is 2.07. The van der Waals surface area contributed by atoms with Crippen LogP contribution in [0.25, 0.3) is 0 Å². The lowest BCUT2D eigenvalue weighted by Crippen LogP contribution is -2.52. The largest absolute Gasteiger partial charge is 0.344 e. The van der Waals surface area contributed by atoms with Gasteiger partial charge in [-0.25, -0.2) is 0 Å². The molecular weight excluding hydrogens is 272 g/mol. The van der Waals surface area contributed by atoms with Crippen molar-refractivity contribution in [3.63, 3.8) is 0 Å². The number of amides is 2. The van der Waals surface area contributed by atoms with E-state index in [4.69, 9.17) is 4.52 Å². The van der Waals surface area contributed by atoms with Crippen molar-refractivity contribution in [1.82, 2.24) is 20.4 Å². The molecule has 116 valence electrons. The fraction of sp³-hybridized carbons (Fsp3) is 0.714. The van der Waals surface area contributed by atoms with Crippen LogP contribution in [0.3, 0.4) is 0 Å². The van der Waals surface area contributed by atoms with Crippen LogP contribution in [0, 0.1) is 12.3 Å². The minimum Gasteiger partial charge on any atom is -0.344 e. The number of nitrogens with one attached hydrogen (secondary N) is 1. The van der Waals surface area contributed by atoms with Crippen LogP contribution in [0.1, 0.15) is 38.9 Å². The smallest absolute Gasteiger partial charge is 0.245 e. The third kappa shape index (κ3) is 3.80. The first-order valence-electron chi connectivity index (χ1n) is 7.14. The number of aromatic nitrogens is 2. The molecule has 0 spiro atoms. The first-order chi connectivity index (χ1) is 9.77. The molecular formula is C14H22N4O3. The summed E-state index contributed by atoms with van der Waals surface area (Å²) in [4.78, 5) is 30.2. The highest BCUT2D eigenvalue weighted by atomic mass is 16.5. The van der Waals surface area contributed by atoms with Crippen molar-refractivity contribution in [1.29, 1.82) is 0 Å². The second-order valence-electron chi connectivity index (χ2n) is 6.43. The number of carbonyl (C=O) groups excluding carboxylic acids is 2. The van der Waals surface area contributed by atoms with E-state index >= 15 is 0 Å². The predicted octanol–water partition coefficient (Wildman–Crippen LogP) is 0.684. The molecule has 0 saturated carbocycles. The summed E-state index contributed by atoms with van der Waals surface area (Å²) < 4.78 is 5.06. The number of hydrogen-bond donors (Lipinski definition) is 1. The summed E-state index contributed by atoms with van der Waals surface area (Å²) in [5.74, 6) is 0.955. The molecule has 1 unspecified atom stereocenters. The number of aryl methyl sites for hydroxylation is 1. The maximum absolute atomic E-state index is 12.6. The summed E-state index contributed by atoms with van der Waals surface area (Å²) in [6.45, 7) is 8.48. The molecule has 2 amide bonds. The van der Waals surface area contributed by atoms with Crippen molar-refractivity contribution in [3.8, 4) is 0 Å². The second kappa shape index (κ2) is 5.83. The minimum absolute atomic E-state index is 0.0513. The maximum Gasteiger partial charge on any atom is 0.245 e. The molecule has 1 fully saturated rings. The Kier molecular flexibility index (Phi) is 4.29. The monoisotopic (exact) mass is 294 g/mol. The summed E-state index contributed by atoms with van der Waals surface area (Å²) in [6, 6.07) is -0.503. The van der Waals surface area contributed by atoms with Crippen molar-refractivity contribution in [2.24, 2.45) is 5.41 Å². The zero-order chi connectivity index (χ0) is 15.6. The molecule has 21 heavy (non-hydrogen) atoms. The van der Waals surface area contributed by atoms with Gasteiger partial charge in [0, 0.05) is 25.9 Å². The van der Waals surface area contributed by atoms with E-state index in [0.717, 1.165) is 0 Å². The van der Waals surface area contributed by atoms with E-state index < -0.39 is 6.04 Å². The quantitative estimate of drug-likeness (QED) is 0.885. The lowest BCUT2D eigenvalue weighted by Gasteiger charge is -2.32. The van der Waals surface area contributed by atoms with Gasteiger partial charge in [-0.1, -0.05) is 25.9 Å². The molecule has 1 aliphatic heterocycles. The number of nitrogens with zero attached hydrogens (tertiary/aromatic N) is 3. The molecule has 1 atom stereocenters. The highest BCUT2D eigenvalue weighted by Gasteiger charge is 2.37. The molecule has 1 saturated heterocycles. The van der Waals surface area contributed by atoms with Crippen LogP contribution in [0.2, 0.25) is 0 Å². The van der Waals surface area contributed by atoms with Crippen LogP contribution >= 0.6 is 0 Å². The standard InChI is InChI=1S/C14H22N4O3/c1-9-15-11(21-17-9)6-8-18-7-5-10(19)16-12(13(18)20)14(2,3)4/h12H,5-8H2,1-4H3,(H,16,19). The summed E-state index contributed by atoms with van der Waals surface area (Å²) in [5.41, 5.74) is -0.323. The van der Waals surface area contributed by atoms with Crippen molar-refractivity contribution >= 4 is 11.8 Å². The van der Waals surface area contributed by atoms with Gasteiger partial charge in [-0.3, -0.25) is 9.59 Å². The zero-order valence-electron chi connectivity index (χ0n) is 13.0. The lowest BCUT2D eigenvalue weighted by molar-refractivity contribution is -0.136. The van der Waals surface area contributed by atoms with Crippen LogP contribution in [-0.2, 0) is 16.0 Å². The van der Waals surface area contributed by atoms with Gasteiger partial charge in [0.25, 0.3) is 0 Å². The van der Waals surface area contributed by atoms with Crippen molar-refractivity contribution in [2.45, 2.75) is 46.6 Å². The highest BCUT2D eigenvalue weighted by Crippen LogP contribution is 2.23. The third-order valence-electron chi connectivity index (χ3n) is 3.50. The van der Waals surface area contributed by atoms with Crippen molar-refractivity contribution in [2.75, 3.05) is 13.1 Å². The number of rotatable bonds is 3. The van der Waals surface area contributed by atoms with Gasteiger partial charge >= 0.3 is 0 Å². The Bertz CT molecular complexity index is 533. The fourth-order valence-corrected chi connectivity index (χ4v) is 2.31. The van der Waals surface area contributed by atoms with E-state index in [1.807, 2.05) is 20.8 Å². The Labute approximate surface area is 124 Å². The van der Waals surface area contributed by atoms with Gasteiger partial charge in [-0.2, -0.15) is 4.98 Å². The molecule has 0 aromatic carbocycles. The molecule has 7 heteroatoms. The van der Waals surface area contributed by atoms with Crippen molar-refractivity contribution < 1.29 is 14.1 Å². The maximum atomic E-state index is 12.6. The van der Waals surface area contributed by atoms with Gasteiger partial charge in [0.15, 0.2) is 5.82 Å². The molecule has 7 nitrogen and oxygen atoms in total. The van der Waals surface area contributed by atoms with Crippen LogP contribution < -0.4 is 5.32 Å². The van der Waals surface area contributed by atoms with Crippen molar-refractivity contribution in [3.05, 3.63) is 11.7 Å². The van der Waals surface area contributed by atoms with E-state index in [1.165, 1.54) is 0 Å². The average Bonchev–Trinajstić information content (AvgIpc) is 2.73. The first-order valence-corrected chi connectivity index (χ1v) is 7.14. The molecule has 2 rings (SSSR count). The Hall–Kier alpha value is -1.92. The van der Waals surface area contributed by atoms with Crippen LogP contribution in [-0.4, -0.2) is 46.0 Å².